The van der Waals surface area contributed by atoms with Gasteiger partial charge in [-0.25, -0.2) is 8.42 Å². The third-order valence-electron chi connectivity index (χ3n) is 4.80. The van der Waals surface area contributed by atoms with E-state index in [1.165, 1.54) is 23.3 Å². The van der Waals surface area contributed by atoms with E-state index in [1.807, 2.05) is 6.07 Å². The van der Waals surface area contributed by atoms with E-state index in [-0.39, 0.29) is 10.8 Å². The molecule has 3 rings (SSSR count). The summed E-state index contributed by atoms with van der Waals surface area (Å²) < 4.78 is 27.6. The Balaban J connectivity index is 1.57. The lowest BCUT2D eigenvalue weighted by Crippen LogP contribution is -2.25. The van der Waals surface area contributed by atoms with Gasteiger partial charge in [-0.3, -0.25) is 9.52 Å². The number of anilines is 1. The number of nitrogens with one attached hydrogen (secondary N) is 2. The summed E-state index contributed by atoms with van der Waals surface area (Å²) in [6.45, 7) is 4.42. The van der Waals surface area contributed by atoms with Gasteiger partial charge in [0.05, 0.1) is 10.6 Å². The van der Waals surface area contributed by atoms with Gasteiger partial charge in [-0.05, 0) is 68.1 Å². The fourth-order valence-electron chi connectivity index (χ4n) is 3.19. The van der Waals surface area contributed by atoms with Gasteiger partial charge in [0.2, 0.25) is 0 Å². The number of rotatable bonds is 8. The molecule has 3 aromatic carbocycles. The molecule has 30 heavy (non-hydrogen) atoms. The van der Waals surface area contributed by atoms with E-state index >= 15 is 0 Å². The Labute approximate surface area is 178 Å². The molecule has 0 bridgehead atoms. The van der Waals surface area contributed by atoms with Crippen molar-refractivity contribution in [3.8, 4) is 0 Å². The number of benzene rings is 3. The molecule has 0 aromatic heterocycles. The monoisotopic (exact) mass is 422 g/mol. The normalized spacial score (nSPS) is 11.1. The lowest BCUT2D eigenvalue weighted by atomic mass is 10.1. The summed E-state index contributed by atoms with van der Waals surface area (Å²) in [5.41, 5.74) is 4.13. The maximum Gasteiger partial charge on any atom is 0.261 e. The average Bonchev–Trinajstić information content (AvgIpc) is 2.73. The van der Waals surface area contributed by atoms with Gasteiger partial charge in [0.15, 0.2) is 0 Å². The predicted octanol–water partition coefficient (Wildman–Crippen LogP) is 4.47. The van der Waals surface area contributed by atoms with Gasteiger partial charge < -0.3 is 5.32 Å². The number of hydrogen-bond donors (Lipinski definition) is 2. The van der Waals surface area contributed by atoms with E-state index in [0.29, 0.717) is 23.4 Å². The molecule has 0 spiro atoms. The van der Waals surface area contributed by atoms with Gasteiger partial charge in [0.25, 0.3) is 15.9 Å². The molecule has 0 aliphatic carbocycles. The highest BCUT2D eigenvalue weighted by molar-refractivity contribution is 7.92. The van der Waals surface area contributed by atoms with E-state index < -0.39 is 10.0 Å². The lowest BCUT2D eigenvalue weighted by Gasteiger charge is -2.12. The third kappa shape index (κ3) is 5.70. The minimum atomic E-state index is -3.67. The molecule has 0 fully saturated rings. The number of hydrogen-bond acceptors (Lipinski definition) is 3. The van der Waals surface area contributed by atoms with Crippen LogP contribution in [0.25, 0.3) is 0 Å². The van der Waals surface area contributed by atoms with Gasteiger partial charge in [-0.15, -0.1) is 0 Å². The predicted molar refractivity (Wildman–Crippen MR) is 120 cm³/mol. The van der Waals surface area contributed by atoms with Crippen LogP contribution in [0.5, 0.6) is 0 Å². The van der Waals surface area contributed by atoms with Crippen molar-refractivity contribution in [2.24, 2.45) is 0 Å². The van der Waals surface area contributed by atoms with Crippen molar-refractivity contribution in [1.82, 2.24) is 5.32 Å². The first-order valence-electron chi connectivity index (χ1n) is 9.87. The van der Waals surface area contributed by atoms with Crippen LogP contribution in [0, 0.1) is 13.8 Å². The maximum absolute atomic E-state index is 12.5. The highest BCUT2D eigenvalue weighted by atomic mass is 32.2. The Morgan fingerprint density at radius 3 is 2.37 bits per heavy atom. The van der Waals surface area contributed by atoms with Gasteiger partial charge in [-0.2, -0.15) is 0 Å². The maximum atomic E-state index is 12.5. The summed E-state index contributed by atoms with van der Waals surface area (Å²) in [7, 11) is -3.67. The first-order chi connectivity index (χ1) is 14.3. The third-order valence-corrected chi connectivity index (χ3v) is 6.18. The van der Waals surface area contributed by atoms with E-state index in [9.17, 15) is 13.2 Å². The van der Waals surface area contributed by atoms with Crippen molar-refractivity contribution in [2.45, 2.75) is 31.6 Å². The number of carbonyl (C=O) groups is 1. The van der Waals surface area contributed by atoms with Crippen LogP contribution in [0.15, 0.2) is 77.7 Å². The molecule has 0 unspecified atom stereocenters. The first-order valence-corrected chi connectivity index (χ1v) is 11.4. The Bertz CT molecular complexity index is 1130. The standard InChI is InChI=1S/C24H26N2O3S/c1-18-8-6-9-20(16-18)10-7-15-25-24(27)21-13-14-23(19(2)17-21)26-30(28,29)22-11-4-3-5-12-22/h3-6,8-9,11-14,16-17,26H,7,10,15H2,1-2H3,(H,25,27). The molecular formula is C24H26N2O3S. The van der Waals surface area contributed by atoms with Crippen LogP contribution < -0.4 is 10.0 Å². The average molecular weight is 423 g/mol. The summed E-state index contributed by atoms with van der Waals surface area (Å²) in [4.78, 5) is 12.6. The molecule has 0 heterocycles. The second kappa shape index (κ2) is 9.59. The molecular weight excluding hydrogens is 396 g/mol. The first kappa shape index (κ1) is 21.6. The van der Waals surface area contributed by atoms with Gasteiger partial charge >= 0.3 is 0 Å². The summed E-state index contributed by atoms with van der Waals surface area (Å²) in [6.07, 6.45) is 1.75. The highest BCUT2D eigenvalue weighted by Gasteiger charge is 2.15. The smallest absolute Gasteiger partial charge is 0.261 e. The molecule has 6 heteroatoms. The highest BCUT2D eigenvalue weighted by Crippen LogP contribution is 2.21. The topological polar surface area (TPSA) is 75.3 Å². The molecule has 0 radical (unpaired) electrons. The molecule has 0 saturated carbocycles. The molecule has 1 amide bonds. The summed E-state index contributed by atoms with van der Waals surface area (Å²) in [5, 5.41) is 2.93. The van der Waals surface area contributed by atoms with E-state index in [2.05, 4.69) is 35.2 Å². The van der Waals surface area contributed by atoms with E-state index in [1.54, 1.807) is 43.3 Å². The lowest BCUT2D eigenvalue weighted by molar-refractivity contribution is 0.0953. The van der Waals surface area contributed by atoms with Crippen LogP contribution in [0.2, 0.25) is 0 Å². The van der Waals surface area contributed by atoms with Crippen molar-refractivity contribution >= 4 is 21.6 Å². The fourth-order valence-corrected chi connectivity index (χ4v) is 4.34. The molecule has 156 valence electrons. The Morgan fingerprint density at radius 1 is 0.900 bits per heavy atom. The quantitative estimate of drug-likeness (QED) is 0.526. The molecule has 5 nitrogen and oxygen atoms in total. The van der Waals surface area contributed by atoms with Crippen LogP contribution in [-0.4, -0.2) is 20.9 Å². The minimum absolute atomic E-state index is 0.167. The van der Waals surface area contributed by atoms with Gasteiger partial charge in [0, 0.05) is 12.1 Å². The van der Waals surface area contributed by atoms with Crippen molar-refractivity contribution in [2.75, 3.05) is 11.3 Å². The van der Waals surface area contributed by atoms with Crippen LogP contribution in [0.4, 0.5) is 5.69 Å². The fraction of sp³-hybridized carbons (Fsp3) is 0.208. The summed E-state index contributed by atoms with van der Waals surface area (Å²) >= 11 is 0. The van der Waals surface area contributed by atoms with Crippen LogP contribution >= 0.6 is 0 Å². The second-order valence-electron chi connectivity index (χ2n) is 7.30. The number of aryl methyl sites for hydroxylation is 3. The van der Waals surface area contributed by atoms with Crippen molar-refractivity contribution in [3.05, 3.63) is 95.1 Å². The Kier molecular flexibility index (Phi) is 6.90. The van der Waals surface area contributed by atoms with Crippen molar-refractivity contribution in [3.63, 3.8) is 0 Å². The summed E-state index contributed by atoms with van der Waals surface area (Å²) in [6, 6.07) is 21.5. The molecule has 0 aliphatic heterocycles. The Morgan fingerprint density at radius 2 is 1.67 bits per heavy atom. The number of carbonyl (C=O) groups excluding carboxylic acids is 1. The number of sulfonamides is 1. The summed E-state index contributed by atoms with van der Waals surface area (Å²) in [5.74, 6) is -0.167. The zero-order valence-corrected chi connectivity index (χ0v) is 18.0. The van der Waals surface area contributed by atoms with Gasteiger partial charge in [-0.1, -0.05) is 48.0 Å². The van der Waals surface area contributed by atoms with Crippen LogP contribution in [0.3, 0.4) is 0 Å². The van der Waals surface area contributed by atoms with Crippen molar-refractivity contribution < 1.29 is 13.2 Å². The van der Waals surface area contributed by atoms with E-state index in [4.69, 9.17) is 0 Å². The number of amides is 1. The van der Waals surface area contributed by atoms with Crippen molar-refractivity contribution in [1.29, 1.82) is 0 Å². The molecule has 0 aliphatic rings. The largest absolute Gasteiger partial charge is 0.352 e. The van der Waals surface area contributed by atoms with Crippen LogP contribution in [0.1, 0.15) is 33.5 Å². The van der Waals surface area contributed by atoms with E-state index in [0.717, 1.165) is 12.8 Å². The molecule has 0 atom stereocenters. The zero-order valence-electron chi connectivity index (χ0n) is 17.2. The minimum Gasteiger partial charge on any atom is -0.352 e. The Hall–Kier alpha value is -3.12. The molecule has 2 N–H and O–H groups in total. The van der Waals surface area contributed by atoms with Gasteiger partial charge in [0.1, 0.15) is 0 Å². The molecule has 3 aromatic rings. The second-order valence-corrected chi connectivity index (χ2v) is 8.98. The molecule has 0 saturated heterocycles. The zero-order chi connectivity index (χ0) is 21.6. The van der Waals surface area contributed by atoms with Crippen LogP contribution in [-0.2, 0) is 16.4 Å². The SMILES string of the molecule is Cc1cccc(CCCNC(=O)c2ccc(NS(=O)(=O)c3ccccc3)c(C)c2)c1.